The molecule has 4 aromatic rings. The van der Waals surface area contributed by atoms with E-state index in [2.05, 4.69) is 74.7 Å². The highest BCUT2D eigenvalue weighted by molar-refractivity contribution is 5.85. The minimum absolute atomic E-state index is 0.00489. The number of fused-ring (bicyclic) bond motifs is 2. The highest BCUT2D eigenvalue weighted by atomic mass is 16.2. The van der Waals surface area contributed by atoms with Crippen molar-refractivity contribution in [3.8, 4) is 22.5 Å². The van der Waals surface area contributed by atoms with Gasteiger partial charge in [0.25, 0.3) is 0 Å². The van der Waals surface area contributed by atoms with Crippen molar-refractivity contribution < 1.29 is 9.59 Å². The second kappa shape index (κ2) is 14.8. The number of amides is 2. The van der Waals surface area contributed by atoms with Crippen LogP contribution in [0, 0.1) is 17.8 Å². The third-order valence-corrected chi connectivity index (χ3v) is 14.1. The summed E-state index contributed by atoms with van der Waals surface area (Å²) in [6.45, 7) is 4.01. The predicted molar refractivity (Wildman–Crippen MR) is 212 cm³/mol. The lowest BCUT2D eigenvalue weighted by Crippen LogP contribution is -2.52. The fourth-order valence-corrected chi connectivity index (χ4v) is 11.1. The molecule has 8 aliphatic rings. The molecule has 6 aliphatic carbocycles. The average Bonchev–Trinajstić information content (AvgIpc) is 4.00. The first-order valence-electron chi connectivity index (χ1n) is 20.9. The number of carbonyl (C=O) groups is 2. The van der Waals surface area contributed by atoms with Gasteiger partial charge in [-0.3, -0.25) is 14.5 Å². The quantitative estimate of drug-likeness (QED) is 0.160. The molecule has 9 heteroatoms. The molecule has 2 saturated heterocycles. The van der Waals surface area contributed by atoms with E-state index >= 15 is 0 Å². The molecule has 7 unspecified atom stereocenters. The molecule has 2 amide bonds. The molecule has 2 aromatic heterocycles. The van der Waals surface area contributed by atoms with E-state index in [0.717, 1.165) is 80.3 Å². The van der Waals surface area contributed by atoms with Crippen LogP contribution in [0.5, 0.6) is 0 Å². The molecule has 2 saturated carbocycles. The summed E-state index contributed by atoms with van der Waals surface area (Å²) in [7, 11) is 2.31. The van der Waals surface area contributed by atoms with Gasteiger partial charge in [-0.15, -0.1) is 0 Å². The van der Waals surface area contributed by atoms with Gasteiger partial charge in [-0.25, -0.2) is 9.97 Å². The van der Waals surface area contributed by atoms with Crippen LogP contribution >= 0.6 is 0 Å². The van der Waals surface area contributed by atoms with Crippen LogP contribution in [0.4, 0.5) is 0 Å². The smallest absolute Gasteiger partial charge is 0.246 e. The van der Waals surface area contributed by atoms with Gasteiger partial charge < -0.3 is 20.2 Å². The molecule has 12 rings (SSSR count). The van der Waals surface area contributed by atoms with E-state index < -0.39 is 6.04 Å². The summed E-state index contributed by atoms with van der Waals surface area (Å²) < 4.78 is 0. The number of imidazole rings is 2. The highest BCUT2D eigenvalue weighted by Crippen LogP contribution is 2.47. The number of aromatic nitrogens is 4. The molecule has 4 fully saturated rings. The first-order chi connectivity index (χ1) is 26.4. The molecule has 0 radical (unpaired) electrons. The van der Waals surface area contributed by atoms with Crippen molar-refractivity contribution in [1.29, 1.82) is 0 Å². The van der Waals surface area contributed by atoms with Crippen LogP contribution in [-0.2, 0) is 35.3 Å². The van der Waals surface area contributed by atoms with Crippen molar-refractivity contribution in [2.45, 2.75) is 134 Å². The van der Waals surface area contributed by atoms with Crippen molar-refractivity contribution in [3.63, 3.8) is 0 Å². The summed E-state index contributed by atoms with van der Waals surface area (Å²) in [5.74, 6) is 3.21. The maximum atomic E-state index is 14.3. The number of aryl methyl sites for hydroxylation is 4. The lowest BCUT2D eigenvalue weighted by Gasteiger charge is -2.36. The van der Waals surface area contributed by atoms with Crippen LogP contribution in [0.15, 0.2) is 48.8 Å². The van der Waals surface area contributed by atoms with E-state index in [-0.39, 0.29) is 23.9 Å². The Kier molecular flexibility index (Phi) is 9.70. The Bertz CT molecular complexity index is 1980. The first-order valence-corrected chi connectivity index (χ1v) is 20.9. The molecule has 0 spiro atoms. The lowest BCUT2D eigenvalue weighted by atomic mass is 9.84. The van der Waals surface area contributed by atoms with Crippen LogP contribution in [0.1, 0.15) is 124 Å². The Morgan fingerprint density at radius 1 is 0.759 bits per heavy atom. The number of hydrogen-bond acceptors (Lipinski definition) is 5. The number of nitrogens with one attached hydrogen (secondary N) is 3. The molecule has 2 aliphatic heterocycles. The van der Waals surface area contributed by atoms with E-state index in [0.29, 0.717) is 24.4 Å². The molecule has 3 N–H and O–H groups in total. The van der Waals surface area contributed by atoms with Crippen LogP contribution in [0.2, 0.25) is 0 Å². The maximum absolute atomic E-state index is 14.3. The zero-order valence-electron chi connectivity index (χ0n) is 32.3. The molecule has 7 atom stereocenters. The molecule has 2 aromatic carbocycles. The van der Waals surface area contributed by atoms with E-state index in [9.17, 15) is 9.59 Å². The topological polar surface area (TPSA) is 110 Å². The third-order valence-electron chi connectivity index (χ3n) is 14.1. The number of H-pyrrole nitrogens is 2. The Morgan fingerprint density at radius 3 is 1.83 bits per heavy atom. The van der Waals surface area contributed by atoms with Gasteiger partial charge in [0, 0.05) is 23.2 Å². The van der Waals surface area contributed by atoms with E-state index in [1.165, 1.54) is 71.9 Å². The summed E-state index contributed by atoms with van der Waals surface area (Å²) in [6.07, 6.45) is 20.4. The summed E-state index contributed by atoms with van der Waals surface area (Å²) in [4.78, 5) is 48.3. The summed E-state index contributed by atoms with van der Waals surface area (Å²) in [6, 6.07) is 14.6. The van der Waals surface area contributed by atoms with Gasteiger partial charge in [-0.1, -0.05) is 63.8 Å². The van der Waals surface area contributed by atoms with E-state index in [4.69, 9.17) is 9.97 Å². The van der Waals surface area contributed by atoms with Gasteiger partial charge in [0.2, 0.25) is 12.3 Å². The van der Waals surface area contributed by atoms with Crippen molar-refractivity contribution >= 4 is 12.3 Å². The Hall–Kier alpha value is -4.24. The maximum Gasteiger partial charge on any atom is 0.246 e. The normalized spacial score (nSPS) is 27.4. The second-order valence-electron chi connectivity index (χ2n) is 17.5. The average molecular weight is 728 g/mol. The lowest BCUT2D eigenvalue weighted by molar-refractivity contribution is -0.139. The zero-order valence-corrected chi connectivity index (χ0v) is 32.3. The molecule has 284 valence electrons. The van der Waals surface area contributed by atoms with Gasteiger partial charge in [0.15, 0.2) is 0 Å². The Balaban J connectivity index is 1.07. The molecule has 4 bridgehead atoms. The molecule has 9 nitrogen and oxygen atoms in total. The van der Waals surface area contributed by atoms with Crippen molar-refractivity contribution in [2.24, 2.45) is 17.8 Å². The summed E-state index contributed by atoms with van der Waals surface area (Å²) in [5, 5.41) is 2.85. The highest BCUT2D eigenvalue weighted by Gasteiger charge is 2.48. The zero-order chi connectivity index (χ0) is 36.9. The van der Waals surface area contributed by atoms with Crippen molar-refractivity contribution in [2.75, 3.05) is 7.05 Å². The van der Waals surface area contributed by atoms with Crippen LogP contribution in [0.25, 0.3) is 22.5 Å². The number of benzene rings is 2. The van der Waals surface area contributed by atoms with Gasteiger partial charge in [0.05, 0.1) is 35.9 Å². The van der Waals surface area contributed by atoms with Gasteiger partial charge in [-0.05, 0) is 123 Å². The number of aromatic amines is 2. The van der Waals surface area contributed by atoms with Crippen molar-refractivity contribution in [3.05, 3.63) is 82.7 Å². The number of likely N-dealkylation sites (tertiary alicyclic amines) is 2. The number of carbonyl (C=O) groups excluding carboxylic acids is 2. The number of hydrogen-bond donors (Lipinski definition) is 3. The van der Waals surface area contributed by atoms with Gasteiger partial charge in [-0.2, -0.15) is 0 Å². The molecule has 4 heterocycles. The summed E-state index contributed by atoms with van der Waals surface area (Å²) in [5.41, 5.74) is 9.86. The number of nitrogens with zero attached hydrogens (tertiary/aromatic N) is 4. The van der Waals surface area contributed by atoms with Crippen LogP contribution < -0.4 is 5.32 Å². The fraction of sp³-hybridized carbons (Fsp3) is 0.556. The minimum Gasteiger partial charge on any atom is -0.347 e. The predicted octanol–water partition coefficient (Wildman–Crippen LogP) is 7.89. The minimum atomic E-state index is -0.546. The Labute approximate surface area is 320 Å². The standard InChI is InChI=1S/C45H57N7O2/c1-27(2)42(48-26-53)45(54)52-39-11-7-5-9-33(39)23-41(52)44-47-25-37(50-44)35-21-30-18-16-28-12-14-29(15-13-28)17-19-31(35)20-34(30)36-24-46-43(49-36)40-22-32-8-4-6-10-38(32)51(40)3/h12-15,20-21,24-27,32-33,38-42H,4-11,16-19,22-23H2,1-3H3,(H,46,49)(H,47,50)(H,48,53). The van der Waals surface area contributed by atoms with Gasteiger partial charge >= 0.3 is 0 Å². The monoisotopic (exact) mass is 727 g/mol. The number of rotatable bonds is 8. The van der Waals surface area contributed by atoms with E-state index in [1.54, 1.807) is 0 Å². The third kappa shape index (κ3) is 6.50. The SMILES string of the molecule is CC(C)C(NC=O)C(=O)N1C(c2ncc(-c3cc4c(-c5cnc(C6CC7CCCCC7N6C)[nH]5)cc3CCc3ccc(cc3)CC4)[nH]2)CC2CCCCC21. The summed E-state index contributed by atoms with van der Waals surface area (Å²) >= 11 is 0. The molecular weight excluding hydrogens is 671 g/mol. The molecular formula is C45H57N7O2. The fourth-order valence-electron chi connectivity index (χ4n) is 11.1. The molecule has 54 heavy (non-hydrogen) atoms. The van der Waals surface area contributed by atoms with Crippen LogP contribution in [0.3, 0.4) is 0 Å². The largest absolute Gasteiger partial charge is 0.347 e. The second-order valence-corrected chi connectivity index (χ2v) is 17.5. The van der Waals surface area contributed by atoms with Gasteiger partial charge in [0.1, 0.15) is 17.7 Å². The Morgan fingerprint density at radius 2 is 1.28 bits per heavy atom. The van der Waals surface area contributed by atoms with Crippen LogP contribution in [-0.4, -0.2) is 67.2 Å². The first kappa shape index (κ1) is 35.5. The van der Waals surface area contributed by atoms with Crippen molar-refractivity contribution in [1.82, 2.24) is 35.1 Å². The van der Waals surface area contributed by atoms with E-state index in [1.807, 2.05) is 20.0 Å².